The van der Waals surface area contributed by atoms with Crippen molar-refractivity contribution in [3.8, 4) is 17.6 Å². The number of anilines is 1. The van der Waals surface area contributed by atoms with E-state index < -0.39 is 71.5 Å². The lowest BCUT2D eigenvalue weighted by molar-refractivity contribution is -0.178. The lowest BCUT2D eigenvalue weighted by Gasteiger charge is -2.46. The topological polar surface area (TPSA) is 193 Å². The van der Waals surface area contributed by atoms with Crippen molar-refractivity contribution in [3.63, 3.8) is 0 Å². The highest BCUT2D eigenvalue weighted by atomic mass is 16.6. The van der Waals surface area contributed by atoms with Gasteiger partial charge in [-0.2, -0.15) is 0 Å². The molecule has 2 fully saturated rings. The van der Waals surface area contributed by atoms with Crippen molar-refractivity contribution in [3.05, 3.63) is 179 Å². The van der Waals surface area contributed by atoms with Gasteiger partial charge in [-0.1, -0.05) is 121 Å². The third kappa shape index (κ3) is 8.19. The molecule has 65 heavy (non-hydrogen) atoms. The van der Waals surface area contributed by atoms with E-state index in [0.29, 0.717) is 22.4 Å². The van der Waals surface area contributed by atoms with Gasteiger partial charge in [-0.3, -0.25) is 19.3 Å². The van der Waals surface area contributed by atoms with Crippen LogP contribution in [0.25, 0.3) is 0 Å². The van der Waals surface area contributed by atoms with Crippen molar-refractivity contribution >= 4 is 35.5 Å². The van der Waals surface area contributed by atoms with Crippen LogP contribution >= 0.6 is 0 Å². The average Bonchev–Trinajstić information content (AvgIpc) is 3.78. The van der Waals surface area contributed by atoms with Gasteiger partial charge in [0.2, 0.25) is 11.8 Å². The van der Waals surface area contributed by atoms with E-state index in [1.54, 1.807) is 49.4 Å². The van der Waals surface area contributed by atoms with Gasteiger partial charge in [0.25, 0.3) is 0 Å². The number of nitrogens with one attached hydrogen (secondary N) is 3. The highest BCUT2D eigenvalue weighted by molar-refractivity contribution is 6.24. The van der Waals surface area contributed by atoms with Gasteiger partial charge in [0, 0.05) is 12.1 Å². The summed E-state index contributed by atoms with van der Waals surface area (Å²) in [4.78, 5) is 76.2. The van der Waals surface area contributed by atoms with Gasteiger partial charge in [0.15, 0.2) is 0 Å². The fraction of sp³-hybridized carbons (Fsp3) is 0.235. The number of primary amides is 1. The van der Waals surface area contributed by atoms with Crippen LogP contribution in [0.15, 0.2) is 146 Å². The van der Waals surface area contributed by atoms with Gasteiger partial charge in [0.1, 0.15) is 29.9 Å². The van der Waals surface area contributed by atoms with E-state index in [2.05, 4.69) is 34.4 Å². The number of cyclic esters (lactones) is 1. The zero-order chi connectivity index (χ0) is 45.7. The Morgan fingerprint density at radius 2 is 1.54 bits per heavy atom. The van der Waals surface area contributed by atoms with E-state index in [4.69, 9.17) is 15.2 Å². The first-order valence-corrected chi connectivity index (χ1v) is 21.3. The van der Waals surface area contributed by atoms with E-state index >= 15 is 14.4 Å². The molecule has 0 saturated carbocycles. The van der Waals surface area contributed by atoms with Crippen molar-refractivity contribution in [1.29, 1.82) is 0 Å². The lowest BCUT2D eigenvalue weighted by Crippen LogP contribution is -2.56. The molecule has 0 unspecified atom stereocenters. The maximum Gasteiger partial charge on any atom is 0.329 e. The highest BCUT2D eigenvalue weighted by Gasteiger charge is 2.75. The van der Waals surface area contributed by atoms with Crippen LogP contribution in [0.4, 0.5) is 15.3 Å². The Labute approximate surface area is 376 Å². The standard InChI is InChI=1S/C51H48N6O8/c1-3-27-53-46(59)41-43-47(60)65-44(36-19-11-6-12-20-36)42(35-17-9-5-10-18-35)57(43)45(37-22-24-38(25-23-37)64-30-29-58)51(41)39-31-33(14-13-28-54-49(52)62)21-26-40(39)56(48(51)61)50(63)55-32(2)34-15-7-4-8-16-34/h3-12,15-26,31-32,41-45,58H,1,27-30H2,2H3,(H,53,59)(H,55,63)(H3,52,54,62)/t32-,41-,42-,43-,44+,45+,51-/m1/s1. The number of amides is 6. The third-order valence-electron chi connectivity index (χ3n) is 12.1. The van der Waals surface area contributed by atoms with Crippen LogP contribution < -0.4 is 31.3 Å². The summed E-state index contributed by atoms with van der Waals surface area (Å²) in [6, 6.07) is 34.5. The normalized spacial score (nSPS) is 22.4. The van der Waals surface area contributed by atoms with Crippen LogP contribution in [0.1, 0.15) is 64.5 Å². The maximum absolute atomic E-state index is 16.4. The van der Waals surface area contributed by atoms with Gasteiger partial charge in [-0.05, 0) is 65.1 Å². The molecule has 6 N–H and O–H groups in total. The summed E-state index contributed by atoms with van der Waals surface area (Å²) in [6.45, 7) is 5.34. The SMILES string of the molecule is C=CCNC(=O)[C@H]1[C@@H]2C(=O)O[C@@H](c3ccccc3)[C@@H](c3ccccc3)N2[C@@H](c2ccc(OCCO)cc2)[C@]12C(=O)N(C(=O)N[C@H](C)c1ccccc1)c1ccc(C#CCNC(N)=O)cc12. The number of nitrogens with two attached hydrogens (primary N) is 1. The number of hydrogen-bond donors (Lipinski definition) is 5. The molecule has 2 saturated heterocycles. The Morgan fingerprint density at radius 1 is 0.877 bits per heavy atom. The molecule has 330 valence electrons. The van der Waals surface area contributed by atoms with Crippen molar-refractivity contribution in [2.24, 2.45) is 11.7 Å². The number of benzene rings is 5. The lowest BCUT2D eigenvalue weighted by atomic mass is 9.65. The summed E-state index contributed by atoms with van der Waals surface area (Å²) in [5.41, 5.74) is 6.88. The Balaban J connectivity index is 1.43. The molecular weight excluding hydrogens is 825 g/mol. The Bertz CT molecular complexity index is 2650. The predicted molar refractivity (Wildman–Crippen MR) is 242 cm³/mol. The van der Waals surface area contributed by atoms with Gasteiger partial charge < -0.3 is 36.3 Å². The van der Waals surface area contributed by atoms with Crippen LogP contribution in [-0.2, 0) is 24.5 Å². The van der Waals surface area contributed by atoms with E-state index in [0.717, 1.165) is 16.0 Å². The minimum atomic E-state index is -2.02. The number of esters is 1. The molecule has 1 spiro atoms. The number of morpholine rings is 1. The van der Waals surface area contributed by atoms with E-state index in [9.17, 15) is 14.7 Å². The average molecular weight is 873 g/mol. The molecule has 5 aromatic rings. The van der Waals surface area contributed by atoms with Crippen molar-refractivity contribution in [1.82, 2.24) is 20.9 Å². The zero-order valence-corrected chi connectivity index (χ0v) is 35.6. The van der Waals surface area contributed by atoms with Gasteiger partial charge in [-0.25, -0.2) is 14.5 Å². The first-order valence-electron chi connectivity index (χ1n) is 21.3. The van der Waals surface area contributed by atoms with E-state index in [1.807, 2.05) is 95.9 Å². The Hall–Kier alpha value is -7.73. The fourth-order valence-electron chi connectivity index (χ4n) is 9.53. The second-order valence-corrected chi connectivity index (χ2v) is 15.9. The smallest absolute Gasteiger partial charge is 0.329 e. The number of aliphatic hydroxyl groups excluding tert-OH is 1. The summed E-state index contributed by atoms with van der Waals surface area (Å²) in [6.07, 6.45) is 0.585. The predicted octanol–water partition coefficient (Wildman–Crippen LogP) is 5.52. The molecule has 14 nitrogen and oxygen atoms in total. The minimum absolute atomic E-state index is 0.00170. The number of carbonyl (C=O) groups is 5. The molecule has 6 amide bonds. The van der Waals surface area contributed by atoms with E-state index in [1.165, 1.54) is 6.08 Å². The van der Waals surface area contributed by atoms with Crippen LogP contribution in [-0.4, -0.2) is 72.2 Å². The zero-order valence-electron chi connectivity index (χ0n) is 35.6. The molecule has 3 aliphatic heterocycles. The first-order chi connectivity index (χ1) is 31.6. The molecule has 3 heterocycles. The summed E-state index contributed by atoms with van der Waals surface area (Å²) in [5, 5.41) is 17.9. The molecule has 14 heteroatoms. The highest BCUT2D eigenvalue weighted by Crippen LogP contribution is 2.66. The fourth-order valence-corrected chi connectivity index (χ4v) is 9.53. The number of hydrogen-bond acceptors (Lipinski definition) is 9. The molecule has 5 aromatic carbocycles. The number of rotatable bonds is 12. The third-order valence-corrected chi connectivity index (χ3v) is 12.1. The second-order valence-electron chi connectivity index (χ2n) is 15.9. The number of imide groups is 1. The molecular formula is C51H48N6O8. The number of urea groups is 2. The summed E-state index contributed by atoms with van der Waals surface area (Å²) >= 11 is 0. The quantitative estimate of drug-likeness (QED) is 0.0611. The van der Waals surface area contributed by atoms with Gasteiger partial charge in [-0.15, -0.1) is 6.58 Å². The summed E-state index contributed by atoms with van der Waals surface area (Å²) in [5.74, 6) is 2.71. The monoisotopic (exact) mass is 872 g/mol. The summed E-state index contributed by atoms with van der Waals surface area (Å²) < 4.78 is 12.3. The first kappa shape index (κ1) is 43.9. The molecule has 8 rings (SSSR count). The minimum Gasteiger partial charge on any atom is -0.491 e. The largest absolute Gasteiger partial charge is 0.491 e. The molecule has 0 bridgehead atoms. The molecule has 0 aliphatic carbocycles. The Kier molecular flexibility index (Phi) is 12.8. The van der Waals surface area contributed by atoms with E-state index in [-0.39, 0.29) is 37.6 Å². The molecule has 3 aliphatic rings. The van der Waals surface area contributed by atoms with Crippen molar-refractivity contribution < 1.29 is 38.6 Å². The summed E-state index contributed by atoms with van der Waals surface area (Å²) in [7, 11) is 0. The number of aliphatic hydroxyl groups is 1. The maximum atomic E-state index is 16.4. The number of fused-ring (bicyclic) bond motifs is 3. The van der Waals surface area contributed by atoms with Crippen LogP contribution in [0.2, 0.25) is 0 Å². The molecule has 0 aromatic heterocycles. The van der Waals surface area contributed by atoms with Crippen LogP contribution in [0.3, 0.4) is 0 Å². The number of ether oxygens (including phenoxy) is 2. The number of carbonyl (C=O) groups excluding carboxylic acids is 5. The van der Waals surface area contributed by atoms with Crippen LogP contribution in [0, 0.1) is 17.8 Å². The van der Waals surface area contributed by atoms with Gasteiger partial charge in [0.05, 0.1) is 42.9 Å². The molecule has 7 atom stereocenters. The second kappa shape index (κ2) is 18.9. The Morgan fingerprint density at radius 3 is 2.18 bits per heavy atom. The van der Waals surface area contributed by atoms with Crippen LogP contribution in [0.5, 0.6) is 5.75 Å². The number of nitrogens with zero attached hydrogens (tertiary/aromatic N) is 2. The molecule has 0 radical (unpaired) electrons. The van der Waals surface area contributed by atoms with Gasteiger partial charge >= 0.3 is 18.0 Å². The van der Waals surface area contributed by atoms with Crippen molar-refractivity contribution in [2.45, 2.75) is 42.6 Å². The van der Waals surface area contributed by atoms with Crippen molar-refractivity contribution in [2.75, 3.05) is 31.2 Å².